The van der Waals surface area contributed by atoms with Gasteiger partial charge in [0.1, 0.15) is 0 Å². The van der Waals surface area contributed by atoms with Gasteiger partial charge in [-0.15, -0.1) is 0 Å². The number of aliphatic hydroxyl groups is 1. The number of nitrogens with zero attached hydrogens (tertiary/aromatic N) is 1. The van der Waals surface area contributed by atoms with Crippen molar-refractivity contribution in [3.8, 4) is 6.07 Å². The molecular weight excluding hydrogens is 267 g/mol. The topological polar surface area (TPSA) is 44.0 Å². The highest BCUT2D eigenvalue weighted by Gasteiger charge is 2.49. The van der Waals surface area contributed by atoms with E-state index >= 15 is 0 Å². The van der Waals surface area contributed by atoms with Crippen LogP contribution in [0.5, 0.6) is 0 Å². The Morgan fingerprint density at radius 3 is 2.20 bits per heavy atom. The second kappa shape index (κ2) is 6.34. The van der Waals surface area contributed by atoms with Gasteiger partial charge in [-0.25, -0.2) is 0 Å². The molecule has 0 bridgehead atoms. The quantitative estimate of drug-likeness (QED) is 0.805. The highest BCUT2D eigenvalue weighted by Crippen LogP contribution is 2.48. The summed E-state index contributed by atoms with van der Waals surface area (Å²) in [6, 6.07) is 2.22. The van der Waals surface area contributed by atoms with E-state index in [9.17, 15) is 23.5 Å². The van der Waals surface area contributed by atoms with Crippen LogP contribution in [-0.4, -0.2) is 16.9 Å². The van der Waals surface area contributed by atoms with Gasteiger partial charge in [0, 0.05) is 6.42 Å². The lowest BCUT2D eigenvalue weighted by Gasteiger charge is -2.44. The van der Waals surface area contributed by atoms with E-state index in [1.165, 1.54) is 6.92 Å². The second-order valence-corrected chi connectivity index (χ2v) is 6.29. The summed E-state index contributed by atoms with van der Waals surface area (Å²) in [5.41, 5.74) is -2.23. The van der Waals surface area contributed by atoms with Crippen molar-refractivity contribution in [1.29, 1.82) is 5.26 Å². The van der Waals surface area contributed by atoms with Crippen LogP contribution >= 0.6 is 0 Å². The maximum Gasteiger partial charge on any atom is 0.389 e. The summed E-state index contributed by atoms with van der Waals surface area (Å²) >= 11 is 0. The molecule has 1 atom stereocenters. The molecule has 5 heteroatoms. The van der Waals surface area contributed by atoms with Gasteiger partial charge in [0.05, 0.1) is 17.1 Å². The van der Waals surface area contributed by atoms with Crippen LogP contribution in [-0.2, 0) is 0 Å². The van der Waals surface area contributed by atoms with Crippen LogP contribution in [0.1, 0.15) is 65.2 Å². The lowest BCUT2D eigenvalue weighted by atomic mass is 9.61. The van der Waals surface area contributed by atoms with Crippen molar-refractivity contribution in [3.05, 3.63) is 0 Å². The van der Waals surface area contributed by atoms with Crippen LogP contribution in [0.2, 0.25) is 0 Å². The van der Waals surface area contributed by atoms with Crippen LogP contribution < -0.4 is 0 Å². The zero-order valence-electron chi connectivity index (χ0n) is 12.3. The molecule has 1 aliphatic carbocycles. The summed E-state index contributed by atoms with van der Waals surface area (Å²) in [6.07, 6.45) is -1.23. The highest BCUT2D eigenvalue weighted by atomic mass is 19.4. The SMILES string of the molecule is CCC1CCC(C#N)(C(C)(O)CCCC(F)(F)F)CC1. The first-order valence-corrected chi connectivity index (χ1v) is 7.36. The molecule has 0 amide bonds. The van der Waals surface area contributed by atoms with Crippen molar-refractivity contribution in [2.24, 2.45) is 11.3 Å². The van der Waals surface area contributed by atoms with Gasteiger partial charge in [0.15, 0.2) is 0 Å². The first-order valence-electron chi connectivity index (χ1n) is 7.36. The predicted molar refractivity (Wildman–Crippen MR) is 70.8 cm³/mol. The van der Waals surface area contributed by atoms with Gasteiger partial charge < -0.3 is 5.11 Å². The van der Waals surface area contributed by atoms with Crippen molar-refractivity contribution in [1.82, 2.24) is 0 Å². The third-order valence-electron chi connectivity index (χ3n) is 4.90. The molecule has 0 aliphatic heterocycles. The molecular formula is C15H24F3NO. The molecule has 116 valence electrons. The summed E-state index contributed by atoms with van der Waals surface area (Å²) in [7, 11) is 0. The van der Waals surface area contributed by atoms with E-state index < -0.39 is 23.6 Å². The van der Waals surface area contributed by atoms with E-state index in [0.717, 1.165) is 19.3 Å². The molecule has 1 fully saturated rings. The Morgan fingerprint density at radius 1 is 1.25 bits per heavy atom. The Kier molecular flexibility index (Phi) is 5.48. The molecule has 0 aromatic heterocycles. The van der Waals surface area contributed by atoms with Gasteiger partial charge in [-0.3, -0.25) is 0 Å². The number of alkyl halides is 3. The third kappa shape index (κ3) is 4.12. The fourth-order valence-corrected chi connectivity index (χ4v) is 3.22. The van der Waals surface area contributed by atoms with Crippen molar-refractivity contribution in [3.63, 3.8) is 0 Å². The first kappa shape index (κ1) is 17.3. The lowest BCUT2D eigenvalue weighted by Crippen LogP contribution is -2.47. The van der Waals surface area contributed by atoms with Gasteiger partial charge in [-0.1, -0.05) is 13.3 Å². The number of rotatable bonds is 5. The maximum atomic E-state index is 12.2. The molecule has 1 aliphatic rings. The summed E-state index contributed by atoms with van der Waals surface area (Å²) in [4.78, 5) is 0. The van der Waals surface area contributed by atoms with E-state index in [1.807, 2.05) is 0 Å². The summed E-state index contributed by atoms with van der Waals surface area (Å²) in [5, 5.41) is 20.0. The molecule has 1 saturated carbocycles. The largest absolute Gasteiger partial charge is 0.389 e. The fourth-order valence-electron chi connectivity index (χ4n) is 3.22. The Bertz CT molecular complexity index is 349. The van der Waals surface area contributed by atoms with Crippen molar-refractivity contribution >= 4 is 0 Å². The normalized spacial score (nSPS) is 30.6. The number of nitriles is 1. The molecule has 1 rings (SSSR count). The minimum absolute atomic E-state index is 0.0247. The predicted octanol–water partition coefficient (Wildman–Crippen LogP) is 4.58. The number of hydrogen-bond donors (Lipinski definition) is 1. The van der Waals surface area contributed by atoms with E-state index in [1.54, 1.807) is 0 Å². The minimum atomic E-state index is -4.20. The van der Waals surface area contributed by atoms with Crippen molar-refractivity contribution in [2.45, 2.75) is 77.0 Å². The van der Waals surface area contributed by atoms with E-state index in [2.05, 4.69) is 13.0 Å². The van der Waals surface area contributed by atoms with Gasteiger partial charge in [-0.05, 0) is 51.4 Å². The van der Waals surface area contributed by atoms with E-state index in [4.69, 9.17) is 0 Å². The molecule has 0 spiro atoms. The summed E-state index contributed by atoms with van der Waals surface area (Å²) < 4.78 is 36.6. The maximum absolute atomic E-state index is 12.2. The lowest BCUT2D eigenvalue weighted by molar-refractivity contribution is -0.141. The van der Waals surface area contributed by atoms with Crippen LogP contribution in [0.3, 0.4) is 0 Å². The highest BCUT2D eigenvalue weighted by molar-refractivity contribution is 5.11. The molecule has 0 heterocycles. The van der Waals surface area contributed by atoms with Crippen molar-refractivity contribution in [2.75, 3.05) is 0 Å². The second-order valence-electron chi connectivity index (χ2n) is 6.29. The van der Waals surface area contributed by atoms with Crippen molar-refractivity contribution < 1.29 is 18.3 Å². The zero-order chi connectivity index (χ0) is 15.4. The standard InChI is InChI=1S/C15H24F3NO/c1-3-12-5-9-14(11-19,10-6-12)13(2,20)7-4-8-15(16,17)18/h12,20H,3-10H2,1-2H3. The van der Waals surface area contributed by atoms with Gasteiger partial charge >= 0.3 is 6.18 Å². The first-order chi connectivity index (χ1) is 9.16. The van der Waals surface area contributed by atoms with Gasteiger partial charge in [-0.2, -0.15) is 18.4 Å². The van der Waals surface area contributed by atoms with Crippen LogP contribution in [0.15, 0.2) is 0 Å². The van der Waals surface area contributed by atoms with Crippen LogP contribution in [0, 0.1) is 22.7 Å². The smallest absolute Gasteiger partial charge is 0.389 e. The molecule has 20 heavy (non-hydrogen) atoms. The molecule has 0 aromatic carbocycles. The minimum Gasteiger partial charge on any atom is -0.389 e. The number of hydrogen-bond acceptors (Lipinski definition) is 2. The molecule has 0 radical (unpaired) electrons. The Balaban J connectivity index is 2.66. The average Bonchev–Trinajstić information content (AvgIpc) is 2.36. The van der Waals surface area contributed by atoms with E-state index in [0.29, 0.717) is 18.8 Å². The van der Waals surface area contributed by atoms with Gasteiger partial charge in [0.2, 0.25) is 0 Å². The number of halogens is 3. The summed E-state index contributed by atoms with van der Waals surface area (Å²) in [5.74, 6) is 0.572. The zero-order valence-corrected chi connectivity index (χ0v) is 12.3. The molecule has 1 unspecified atom stereocenters. The Morgan fingerprint density at radius 2 is 1.80 bits per heavy atom. The molecule has 0 aromatic rings. The molecule has 1 N–H and O–H groups in total. The molecule has 2 nitrogen and oxygen atoms in total. The monoisotopic (exact) mass is 291 g/mol. The fraction of sp³-hybridized carbons (Fsp3) is 0.933. The van der Waals surface area contributed by atoms with Crippen LogP contribution in [0.4, 0.5) is 13.2 Å². The Hall–Kier alpha value is -0.760. The van der Waals surface area contributed by atoms with Gasteiger partial charge in [0.25, 0.3) is 0 Å². The summed E-state index contributed by atoms with van der Waals surface area (Å²) in [6.45, 7) is 3.63. The third-order valence-corrected chi connectivity index (χ3v) is 4.90. The Labute approximate surface area is 119 Å². The van der Waals surface area contributed by atoms with E-state index in [-0.39, 0.29) is 12.8 Å². The molecule has 0 saturated heterocycles. The van der Waals surface area contributed by atoms with Crippen LogP contribution in [0.25, 0.3) is 0 Å². The average molecular weight is 291 g/mol.